The topological polar surface area (TPSA) is 69.2 Å². The minimum Gasteiger partial charge on any atom is -0.384 e. The molecule has 0 saturated carbocycles. The lowest BCUT2D eigenvalue weighted by atomic mass is 9.99. The highest BCUT2D eigenvalue weighted by molar-refractivity contribution is 7.15. The van der Waals surface area contributed by atoms with Gasteiger partial charge in [0.05, 0.1) is 12.2 Å². The summed E-state index contributed by atoms with van der Waals surface area (Å²) in [5, 5.41) is 15.7. The third-order valence-corrected chi connectivity index (χ3v) is 6.55. The van der Waals surface area contributed by atoms with Crippen molar-refractivity contribution in [3.05, 3.63) is 88.4 Å². The highest BCUT2D eigenvalue weighted by Gasteiger charge is 2.26. The number of benzene rings is 2. The Morgan fingerprint density at radius 3 is 2.72 bits per heavy atom. The molecule has 2 unspecified atom stereocenters. The van der Waals surface area contributed by atoms with Gasteiger partial charge in [-0.2, -0.15) is 0 Å². The molecule has 0 amide bonds. The average Bonchev–Trinajstić information content (AvgIpc) is 3.43. The fourth-order valence-corrected chi connectivity index (χ4v) is 5.00. The molecule has 1 saturated heterocycles. The Balaban J connectivity index is 1.64. The summed E-state index contributed by atoms with van der Waals surface area (Å²) < 4.78 is 0. The summed E-state index contributed by atoms with van der Waals surface area (Å²) in [6.45, 7) is 2.73. The molecule has 6 heteroatoms. The lowest BCUT2D eigenvalue weighted by Crippen LogP contribution is -2.26. The van der Waals surface area contributed by atoms with Gasteiger partial charge in [0.25, 0.3) is 0 Å². The van der Waals surface area contributed by atoms with E-state index in [2.05, 4.69) is 40.2 Å². The first-order chi connectivity index (χ1) is 14.2. The van der Waals surface area contributed by atoms with Crippen molar-refractivity contribution in [2.24, 2.45) is 0 Å². The Kier molecular flexibility index (Phi) is 4.87. The Bertz CT molecular complexity index is 1140. The van der Waals surface area contributed by atoms with Gasteiger partial charge in [-0.25, -0.2) is 10.9 Å². The van der Waals surface area contributed by atoms with Crippen molar-refractivity contribution in [3.63, 3.8) is 0 Å². The van der Waals surface area contributed by atoms with Gasteiger partial charge < -0.3 is 5.11 Å². The van der Waals surface area contributed by atoms with E-state index in [-0.39, 0.29) is 6.17 Å². The number of aliphatic hydroxyl groups is 1. The van der Waals surface area contributed by atoms with E-state index in [9.17, 15) is 5.11 Å². The highest BCUT2D eigenvalue weighted by Crippen LogP contribution is 2.41. The number of thiophene rings is 1. The van der Waals surface area contributed by atoms with Crippen molar-refractivity contribution in [2.75, 3.05) is 6.67 Å². The Hall–Kier alpha value is -2.61. The van der Waals surface area contributed by atoms with E-state index >= 15 is 0 Å². The maximum absolute atomic E-state index is 11.2. The van der Waals surface area contributed by atoms with E-state index in [1.165, 1.54) is 5.56 Å². The van der Waals surface area contributed by atoms with Crippen LogP contribution in [0.3, 0.4) is 0 Å². The normalized spacial score (nSPS) is 17.7. The first kappa shape index (κ1) is 18.4. The molecule has 4 aromatic rings. The van der Waals surface area contributed by atoms with Crippen LogP contribution < -0.4 is 16.2 Å². The van der Waals surface area contributed by atoms with Gasteiger partial charge in [-0.05, 0) is 30.7 Å². The van der Waals surface area contributed by atoms with Crippen LogP contribution in [0.1, 0.15) is 33.8 Å². The van der Waals surface area contributed by atoms with Gasteiger partial charge in [0.1, 0.15) is 12.3 Å². The number of aryl methyl sites for hydroxylation is 1. The number of aliphatic hydroxyl groups excluding tert-OH is 1. The summed E-state index contributed by atoms with van der Waals surface area (Å²) in [5.41, 5.74) is 11.5. The molecule has 2 aromatic carbocycles. The molecule has 146 valence electrons. The van der Waals surface area contributed by atoms with Crippen molar-refractivity contribution < 1.29 is 5.11 Å². The summed E-state index contributed by atoms with van der Waals surface area (Å²) in [4.78, 5) is 6.69. The Morgan fingerprint density at radius 1 is 1.10 bits per heavy atom. The number of nitrogens with zero attached hydrogens (tertiary/aromatic N) is 1. The van der Waals surface area contributed by atoms with Gasteiger partial charge in [0.2, 0.25) is 0 Å². The summed E-state index contributed by atoms with van der Waals surface area (Å²) >= 11 is 1.70. The van der Waals surface area contributed by atoms with Crippen LogP contribution in [0.4, 0.5) is 0 Å². The second kappa shape index (κ2) is 7.67. The molecule has 5 rings (SSSR count). The lowest BCUT2D eigenvalue weighted by molar-refractivity contribution is 0.219. The van der Waals surface area contributed by atoms with E-state index < -0.39 is 6.10 Å². The monoisotopic (exact) mass is 402 g/mol. The second-order valence-corrected chi connectivity index (χ2v) is 8.34. The SMILES string of the molecule is Cc1ccc(C(O)c2cc(-c3ccnc4ccccc34)sc2C2NCNN2)cc1. The van der Waals surface area contributed by atoms with Gasteiger partial charge in [0, 0.05) is 32.5 Å². The number of para-hydroxylation sites is 1. The molecule has 0 radical (unpaired) electrons. The molecule has 0 spiro atoms. The van der Waals surface area contributed by atoms with Crippen molar-refractivity contribution in [2.45, 2.75) is 19.2 Å². The maximum Gasteiger partial charge on any atom is 0.107 e. The van der Waals surface area contributed by atoms with Crippen LogP contribution >= 0.6 is 11.3 Å². The van der Waals surface area contributed by atoms with Gasteiger partial charge >= 0.3 is 0 Å². The van der Waals surface area contributed by atoms with Crippen molar-refractivity contribution >= 4 is 22.2 Å². The van der Waals surface area contributed by atoms with Gasteiger partial charge in [-0.1, -0.05) is 48.0 Å². The molecule has 2 atom stereocenters. The standard InChI is InChI=1S/C23H22N4OS/c1-14-6-8-15(9-7-14)21(28)18-12-20(29-22(18)23-25-13-26-27-23)17-10-11-24-19-5-3-2-4-16(17)19/h2-12,21,23,25-28H,13H2,1H3. The summed E-state index contributed by atoms with van der Waals surface area (Å²) in [5.74, 6) is 0. The van der Waals surface area contributed by atoms with E-state index in [0.717, 1.165) is 37.3 Å². The predicted molar refractivity (Wildman–Crippen MR) is 117 cm³/mol. The molecule has 2 aromatic heterocycles. The zero-order chi connectivity index (χ0) is 19.8. The molecule has 1 aliphatic rings. The number of hydrazine groups is 1. The highest BCUT2D eigenvalue weighted by atomic mass is 32.1. The molecule has 0 aliphatic carbocycles. The van der Waals surface area contributed by atoms with Crippen LogP contribution in [0.2, 0.25) is 0 Å². The van der Waals surface area contributed by atoms with Crippen molar-refractivity contribution in [1.29, 1.82) is 0 Å². The molecule has 0 bridgehead atoms. The van der Waals surface area contributed by atoms with Gasteiger partial charge in [-0.15, -0.1) is 11.3 Å². The van der Waals surface area contributed by atoms with Gasteiger partial charge in [-0.3, -0.25) is 10.3 Å². The number of hydrogen-bond acceptors (Lipinski definition) is 6. The Labute approximate surface area is 173 Å². The number of aromatic nitrogens is 1. The van der Waals surface area contributed by atoms with Gasteiger partial charge in [0.15, 0.2) is 0 Å². The molecule has 4 N–H and O–H groups in total. The summed E-state index contributed by atoms with van der Waals surface area (Å²) in [7, 11) is 0. The smallest absolute Gasteiger partial charge is 0.107 e. The molecular formula is C23H22N4OS. The van der Waals surface area contributed by atoms with Crippen LogP contribution in [-0.4, -0.2) is 16.8 Å². The number of rotatable bonds is 4. The maximum atomic E-state index is 11.2. The van der Waals surface area contributed by atoms with E-state index in [0.29, 0.717) is 6.67 Å². The van der Waals surface area contributed by atoms with Crippen LogP contribution in [-0.2, 0) is 0 Å². The quantitative estimate of drug-likeness (QED) is 0.415. The molecule has 29 heavy (non-hydrogen) atoms. The Morgan fingerprint density at radius 2 is 1.93 bits per heavy atom. The number of hydrogen-bond donors (Lipinski definition) is 4. The minimum absolute atomic E-state index is 0.0445. The first-order valence-electron chi connectivity index (χ1n) is 9.65. The molecule has 1 fully saturated rings. The van der Waals surface area contributed by atoms with Crippen LogP contribution in [0, 0.1) is 6.92 Å². The molecular weight excluding hydrogens is 380 g/mol. The largest absolute Gasteiger partial charge is 0.384 e. The van der Waals surface area contributed by atoms with Crippen molar-refractivity contribution in [3.8, 4) is 10.4 Å². The van der Waals surface area contributed by atoms with Crippen LogP contribution in [0.25, 0.3) is 21.3 Å². The molecule has 3 heterocycles. The minimum atomic E-state index is -0.687. The molecule has 5 nitrogen and oxygen atoms in total. The third kappa shape index (κ3) is 3.46. The predicted octanol–water partition coefficient (Wildman–Crippen LogP) is 4.01. The number of fused-ring (bicyclic) bond motifs is 1. The van der Waals surface area contributed by atoms with E-state index in [4.69, 9.17) is 0 Å². The molecule has 1 aliphatic heterocycles. The fourth-order valence-electron chi connectivity index (χ4n) is 3.75. The second-order valence-electron chi connectivity index (χ2n) is 7.25. The van der Waals surface area contributed by atoms with Crippen LogP contribution in [0.5, 0.6) is 0 Å². The van der Waals surface area contributed by atoms with Crippen LogP contribution in [0.15, 0.2) is 66.9 Å². The zero-order valence-electron chi connectivity index (χ0n) is 16.0. The van der Waals surface area contributed by atoms with E-state index in [1.807, 2.05) is 54.7 Å². The lowest BCUT2D eigenvalue weighted by Gasteiger charge is -2.16. The summed E-state index contributed by atoms with van der Waals surface area (Å²) in [6, 6.07) is 20.4. The summed E-state index contributed by atoms with van der Waals surface area (Å²) in [6.07, 6.45) is 1.12. The number of nitrogens with one attached hydrogen (secondary N) is 3. The third-order valence-electron chi connectivity index (χ3n) is 5.30. The first-order valence-corrected chi connectivity index (χ1v) is 10.5. The van der Waals surface area contributed by atoms with E-state index in [1.54, 1.807) is 11.3 Å². The average molecular weight is 403 g/mol. The number of pyridine rings is 1. The zero-order valence-corrected chi connectivity index (χ0v) is 16.8. The fraction of sp³-hybridized carbons (Fsp3) is 0.174. The van der Waals surface area contributed by atoms with Crippen molar-refractivity contribution in [1.82, 2.24) is 21.2 Å².